The maximum absolute atomic E-state index is 11.6. The van der Waals surface area contributed by atoms with E-state index in [0.29, 0.717) is 0 Å². The molecule has 2 amide bonds. The predicted octanol–water partition coefficient (Wildman–Crippen LogP) is -3.29. The van der Waals surface area contributed by atoms with Crippen molar-refractivity contribution in [2.24, 2.45) is 11.7 Å². The maximum Gasteiger partial charge on any atom is 0.236 e. The second kappa shape index (κ2) is 6.10. The first-order valence-corrected chi connectivity index (χ1v) is 5.56. The molecule has 5 atom stereocenters. The minimum atomic E-state index is -1.37. The van der Waals surface area contributed by atoms with Crippen LogP contribution in [0, 0.1) is 5.92 Å². The van der Waals surface area contributed by atoms with Crippen LogP contribution in [-0.2, 0) is 14.3 Å². The topological polar surface area (TPSA) is 142 Å². The molecule has 3 unspecified atom stereocenters. The number of hydrogen-bond acceptors (Lipinski definition) is 6. The SMILES string of the molecule is CC(C(=O)NCC(N)=O)C1OC[C@@H](O)[C@H](O)C1O. The van der Waals surface area contributed by atoms with Crippen molar-refractivity contribution < 1.29 is 29.6 Å². The van der Waals surface area contributed by atoms with Crippen molar-refractivity contribution in [3.63, 3.8) is 0 Å². The molecule has 1 rings (SSSR count). The first kappa shape index (κ1) is 14.8. The highest BCUT2D eigenvalue weighted by Gasteiger charge is 2.42. The standard InChI is InChI=1S/C10H18N2O6/c1-4(10(17)12-2-6(11)14)9-8(16)7(15)5(13)3-18-9/h4-5,7-9,13,15-16H,2-3H2,1H3,(H2,11,14)(H,12,17)/t4?,5-,7+,8?,9?/m1/s1. The Morgan fingerprint density at radius 1 is 1.39 bits per heavy atom. The smallest absolute Gasteiger partial charge is 0.236 e. The van der Waals surface area contributed by atoms with Gasteiger partial charge in [-0.05, 0) is 0 Å². The van der Waals surface area contributed by atoms with Crippen molar-refractivity contribution in [1.82, 2.24) is 5.32 Å². The Balaban J connectivity index is 2.57. The zero-order valence-electron chi connectivity index (χ0n) is 9.94. The summed E-state index contributed by atoms with van der Waals surface area (Å²) < 4.78 is 5.13. The lowest BCUT2D eigenvalue weighted by Gasteiger charge is -2.37. The molecular formula is C10H18N2O6. The summed E-state index contributed by atoms with van der Waals surface area (Å²) >= 11 is 0. The summed E-state index contributed by atoms with van der Waals surface area (Å²) in [6.07, 6.45) is -4.87. The molecule has 1 aliphatic rings. The van der Waals surface area contributed by atoms with Crippen LogP contribution in [0.25, 0.3) is 0 Å². The number of nitrogens with one attached hydrogen (secondary N) is 1. The fourth-order valence-corrected chi connectivity index (χ4v) is 1.75. The third-order valence-corrected chi connectivity index (χ3v) is 2.88. The van der Waals surface area contributed by atoms with Crippen molar-refractivity contribution in [3.8, 4) is 0 Å². The Bertz CT molecular complexity index is 323. The van der Waals surface area contributed by atoms with Crippen LogP contribution >= 0.6 is 0 Å². The number of carbonyl (C=O) groups is 2. The van der Waals surface area contributed by atoms with Gasteiger partial charge in [-0.3, -0.25) is 9.59 Å². The lowest BCUT2D eigenvalue weighted by molar-refractivity contribution is -0.200. The van der Waals surface area contributed by atoms with E-state index in [1.54, 1.807) is 0 Å². The van der Waals surface area contributed by atoms with Crippen LogP contribution in [-0.4, -0.2) is 64.7 Å². The summed E-state index contributed by atoms with van der Waals surface area (Å²) in [7, 11) is 0. The molecule has 0 bridgehead atoms. The molecule has 0 radical (unpaired) electrons. The molecule has 0 aromatic rings. The van der Waals surface area contributed by atoms with Crippen LogP contribution in [0.4, 0.5) is 0 Å². The van der Waals surface area contributed by atoms with Gasteiger partial charge in [0, 0.05) is 0 Å². The number of aliphatic hydroxyl groups is 3. The number of primary amides is 1. The minimum absolute atomic E-state index is 0.170. The Labute approximate surface area is 104 Å². The first-order valence-electron chi connectivity index (χ1n) is 5.56. The van der Waals surface area contributed by atoms with Crippen molar-refractivity contribution in [3.05, 3.63) is 0 Å². The molecule has 8 nitrogen and oxygen atoms in total. The average Bonchev–Trinajstić information content (AvgIpc) is 2.32. The monoisotopic (exact) mass is 262 g/mol. The number of hydrogen-bond donors (Lipinski definition) is 5. The number of rotatable bonds is 4. The quantitative estimate of drug-likeness (QED) is 0.359. The highest BCUT2D eigenvalue weighted by molar-refractivity contribution is 5.85. The predicted molar refractivity (Wildman–Crippen MR) is 59.1 cm³/mol. The van der Waals surface area contributed by atoms with Gasteiger partial charge in [0.2, 0.25) is 11.8 Å². The Kier molecular flexibility index (Phi) is 5.03. The molecule has 0 aromatic heterocycles. The molecule has 18 heavy (non-hydrogen) atoms. The first-order chi connectivity index (χ1) is 8.34. The third kappa shape index (κ3) is 3.39. The van der Waals surface area contributed by atoms with E-state index in [2.05, 4.69) is 5.32 Å². The number of aliphatic hydroxyl groups excluding tert-OH is 3. The van der Waals surface area contributed by atoms with Crippen LogP contribution < -0.4 is 11.1 Å². The van der Waals surface area contributed by atoms with E-state index in [0.717, 1.165) is 0 Å². The highest BCUT2D eigenvalue weighted by atomic mass is 16.5. The zero-order chi connectivity index (χ0) is 13.9. The van der Waals surface area contributed by atoms with Gasteiger partial charge in [0.05, 0.1) is 25.2 Å². The summed E-state index contributed by atoms with van der Waals surface area (Å²) in [5, 5.41) is 30.7. The van der Waals surface area contributed by atoms with Crippen molar-refractivity contribution in [1.29, 1.82) is 0 Å². The van der Waals surface area contributed by atoms with E-state index in [4.69, 9.17) is 10.5 Å². The number of carbonyl (C=O) groups excluding carboxylic acids is 2. The van der Waals surface area contributed by atoms with Crippen molar-refractivity contribution in [2.45, 2.75) is 31.3 Å². The van der Waals surface area contributed by atoms with Gasteiger partial charge < -0.3 is 31.1 Å². The van der Waals surface area contributed by atoms with Gasteiger partial charge in [-0.1, -0.05) is 6.92 Å². The Morgan fingerprint density at radius 2 is 2.00 bits per heavy atom. The van der Waals surface area contributed by atoms with Gasteiger partial charge in [-0.15, -0.1) is 0 Å². The highest BCUT2D eigenvalue weighted by Crippen LogP contribution is 2.21. The van der Waals surface area contributed by atoms with Crippen molar-refractivity contribution >= 4 is 11.8 Å². The van der Waals surface area contributed by atoms with E-state index in [1.807, 2.05) is 0 Å². The molecule has 8 heteroatoms. The van der Waals surface area contributed by atoms with Crippen LogP contribution in [0.15, 0.2) is 0 Å². The largest absolute Gasteiger partial charge is 0.388 e. The molecule has 1 aliphatic heterocycles. The van der Waals surface area contributed by atoms with E-state index < -0.39 is 42.1 Å². The van der Waals surface area contributed by atoms with Crippen LogP contribution in [0.5, 0.6) is 0 Å². The second-order valence-corrected chi connectivity index (χ2v) is 4.32. The van der Waals surface area contributed by atoms with Gasteiger partial charge in [-0.25, -0.2) is 0 Å². The normalized spacial score (nSPS) is 33.8. The van der Waals surface area contributed by atoms with Gasteiger partial charge >= 0.3 is 0 Å². The number of ether oxygens (including phenoxy) is 1. The number of amides is 2. The fraction of sp³-hybridized carbons (Fsp3) is 0.800. The fourth-order valence-electron chi connectivity index (χ4n) is 1.75. The molecule has 0 aromatic carbocycles. The summed E-state index contributed by atoms with van der Waals surface area (Å²) in [5.41, 5.74) is 4.88. The second-order valence-electron chi connectivity index (χ2n) is 4.32. The Morgan fingerprint density at radius 3 is 2.56 bits per heavy atom. The Hall–Kier alpha value is -1.22. The lowest BCUT2D eigenvalue weighted by atomic mass is 9.91. The molecule has 0 saturated carbocycles. The van der Waals surface area contributed by atoms with E-state index >= 15 is 0 Å². The summed E-state index contributed by atoms with van der Waals surface area (Å²) in [5.74, 6) is -2.00. The van der Waals surface area contributed by atoms with Gasteiger partial charge in [0.1, 0.15) is 18.3 Å². The zero-order valence-corrected chi connectivity index (χ0v) is 9.94. The molecule has 0 spiro atoms. The minimum Gasteiger partial charge on any atom is -0.388 e. The van der Waals surface area contributed by atoms with E-state index in [-0.39, 0.29) is 13.2 Å². The van der Waals surface area contributed by atoms with Gasteiger partial charge in [-0.2, -0.15) is 0 Å². The third-order valence-electron chi connectivity index (χ3n) is 2.88. The van der Waals surface area contributed by atoms with Crippen LogP contribution in [0.1, 0.15) is 6.92 Å². The summed E-state index contributed by atoms with van der Waals surface area (Å²) in [6, 6.07) is 0. The van der Waals surface area contributed by atoms with Crippen LogP contribution in [0.3, 0.4) is 0 Å². The number of nitrogens with two attached hydrogens (primary N) is 1. The molecule has 104 valence electrons. The van der Waals surface area contributed by atoms with E-state index in [9.17, 15) is 24.9 Å². The van der Waals surface area contributed by atoms with Gasteiger partial charge in [0.15, 0.2) is 0 Å². The molecule has 1 heterocycles. The maximum atomic E-state index is 11.6. The average molecular weight is 262 g/mol. The molecule has 1 fully saturated rings. The van der Waals surface area contributed by atoms with E-state index in [1.165, 1.54) is 6.92 Å². The molecule has 1 saturated heterocycles. The molecular weight excluding hydrogens is 244 g/mol. The summed E-state index contributed by atoms with van der Waals surface area (Å²) in [6.45, 7) is 1.00. The lowest BCUT2D eigenvalue weighted by Crippen LogP contribution is -2.57. The van der Waals surface area contributed by atoms with Gasteiger partial charge in [0.25, 0.3) is 0 Å². The van der Waals surface area contributed by atoms with Crippen molar-refractivity contribution in [2.75, 3.05) is 13.2 Å². The molecule has 0 aliphatic carbocycles. The van der Waals surface area contributed by atoms with Crippen LogP contribution in [0.2, 0.25) is 0 Å². The molecule has 6 N–H and O–H groups in total. The summed E-state index contributed by atoms with van der Waals surface area (Å²) in [4.78, 5) is 22.1.